The number of benzene rings is 1. The second-order valence-electron chi connectivity index (χ2n) is 2.85. The molecule has 0 amide bonds. The normalized spacial score (nSPS) is 11.8. The van der Waals surface area contributed by atoms with Crippen molar-refractivity contribution in [1.82, 2.24) is 0 Å². The van der Waals surface area contributed by atoms with Crippen molar-refractivity contribution >= 4 is 11.6 Å². The second kappa shape index (κ2) is 3.02. The molecule has 0 unspecified atom stereocenters. The molecule has 0 aliphatic carbocycles. The van der Waals surface area contributed by atoms with Crippen LogP contribution in [0.2, 0.25) is 5.02 Å². The monoisotopic (exact) mass is 190 g/mol. The molecule has 66 valence electrons. The average molecular weight is 191 g/mol. The van der Waals surface area contributed by atoms with E-state index in [0.29, 0.717) is 5.02 Å². The van der Waals surface area contributed by atoms with Gasteiger partial charge in [0.05, 0.1) is 0 Å². The molecule has 0 saturated carbocycles. The third kappa shape index (κ3) is 1.95. The van der Waals surface area contributed by atoms with Crippen molar-refractivity contribution in [1.29, 1.82) is 0 Å². The molecule has 0 radical (unpaired) electrons. The van der Waals surface area contributed by atoms with Gasteiger partial charge in [0.25, 0.3) is 5.92 Å². The summed E-state index contributed by atoms with van der Waals surface area (Å²) in [5.74, 6) is -2.81. The van der Waals surface area contributed by atoms with Crippen LogP contribution in [0.3, 0.4) is 0 Å². The van der Waals surface area contributed by atoms with Crippen molar-refractivity contribution in [2.24, 2.45) is 0 Å². The van der Waals surface area contributed by atoms with E-state index in [4.69, 9.17) is 11.6 Å². The smallest absolute Gasteiger partial charge is 0.202 e. The molecule has 12 heavy (non-hydrogen) atoms. The first-order valence-corrected chi connectivity index (χ1v) is 3.93. The van der Waals surface area contributed by atoms with Crippen LogP contribution < -0.4 is 0 Å². The number of hydrogen-bond acceptors (Lipinski definition) is 0. The number of rotatable bonds is 1. The number of aryl methyl sites for hydroxylation is 1. The fraction of sp³-hybridized carbons (Fsp3) is 0.333. The highest BCUT2D eigenvalue weighted by atomic mass is 35.5. The Kier molecular flexibility index (Phi) is 2.38. The molecule has 1 aromatic carbocycles. The maximum Gasteiger partial charge on any atom is 0.270 e. The third-order valence-corrected chi connectivity index (χ3v) is 2.09. The molecule has 0 saturated heterocycles. The minimum Gasteiger partial charge on any atom is -0.202 e. The predicted molar refractivity (Wildman–Crippen MR) is 45.8 cm³/mol. The Balaban J connectivity index is 3.14. The first-order valence-electron chi connectivity index (χ1n) is 3.55. The van der Waals surface area contributed by atoms with E-state index < -0.39 is 5.92 Å². The summed E-state index contributed by atoms with van der Waals surface area (Å²) in [6.07, 6.45) is 0. The van der Waals surface area contributed by atoms with Crippen LogP contribution in [-0.4, -0.2) is 0 Å². The van der Waals surface area contributed by atoms with E-state index in [0.717, 1.165) is 12.5 Å². The zero-order valence-electron chi connectivity index (χ0n) is 6.87. The Hall–Kier alpha value is -0.630. The van der Waals surface area contributed by atoms with Crippen molar-refractivity contribution in [3.63, 3.8) is 0 Å². The van der Waals surface area contributed by atoms with Gasteiger partial charge in [0.15, 0.2) is 0 Å². The van der Waals surface area contributed by atoms with Gasteiger partial charge in [0.2, 0.25) is 0 Å². The topological polar surface area (TPSA) is 0 Å². The summed E-state index contributed by atoms with van der Waals surface area (Å²) in [4.78, 5) is 0. The fourth-order valence-corrected chi connectivity index (χ4v) is 1.05. The Morgan fingerprint density at radius 1 is 1.33 bits per heavy atom. The van der Waals surface area contributed by atoms with Crippen molar-refractivity contribution in [3.05, 3.63) is 34.3 Å². The lowest BCUT2D eigenvalue weighted by Crippen LogP contribution is -2.06. The van der Waals surface area contributed by atoms with Gasteiger partial charge in [-0.05, 0) is 18.6 Å². The molecule has 1 aromatic rings. The molecule has 0 aliphatic rings. The maximum atomic E-state index is 12.7. The highest BCUT2D eigenvalue weighted by molar-refractivity contribution is 6.31. The molecule has 0 aliphatic heterocycles. The minimum atomic E-state index is -2.81. The van der Waals surface area contributed by atoms with Gasteiger partial charge in [0, 0.05) is 17.5 Å². The van der Waals surface area contributed by atoms with E-state index in [-0.39, 0.29) is 5.56 Å². The van der Waals surface area contributed by atoms with Crippen LogP contribution in [-0.2, 0) is 5.92 Å². The van der Waals surface area contributed by atoms with Gasteiger partial charge in [-0.3, -0.25) is 0 Å². The van der Waals surface area contributed by atoms with Gasteiger partial charge in [-0.1, -0.05) is 23.7 Å². The molecule has 0 atom stereocenters. The molecular formula is C9H9ClF2. The summed E-state index contributed by atoms with van der Waals surface area (Å²) in [5, 5.41) is 0.383. The summed E-state index contributed by atoms with van der Waals surface area (Å²) >= 11 is 5.69. The fourth-order valence-electron chi connectivity index (χ4n) is 0.866. The van der Waals surface area contributed by atoms with E-state index in [9.17, 15) is 8.78 Å². The van der Waals surface area contributed by atoms with Crippen molar-refractivity contribution in [2.45, 2.75) is 19.8 Å². The van der Waals surface area contributed by atoms with Gasteiger partial charge in [-0.25, -0.2) is 8.78 Å². The molecule has 3 heteroatoms. The van der Waals surface area contributed by atoms with Gasteiger partial charge < -0.3 is 0 Å². The summed E-state index contributed by atoms with van der Waals surface area (Å²) in [7, 11) is 0. The van der Waals surface area contributed by atoms with Gasteiger partial charge in [-0.2, -0.15) is 0 Å². The molecule has 0 fully saturated rings. The molecule has 0 N–H and O–H groups in total. The zero-order valence-corrected chi connectivity index (χ0v) is 7.62. The highest BCUT2D eigenvalue weighted by Crippen LogP contribution is 2.29. The summed E-state index contributed by atoms with van der Waals surface area (Å²) in [5.41, 5.74) is 0.766. The summed E-state index contributed by atoms with van der Waals surface area (Å²) in [6.45, 7) is 2.63. The lowest BCUT2D eigenvalue weighted by atomic mass is 10.1. The highest BCUT2D eigenvalue weighted by Gasteiger charge is 2.24. The van der Waals surface area contributed by atoms with Gasteiger partial charge >= 0.3 is 0 Å². The van der Waals surface area contributed by atoms with E-state index in [1.165, 1.54) is 12.1 Å². The van der Waals surface area contributed by atoms with Crippen LogP contribution in [0.15, 0.2) is 18.2 Å². The lowest BCUT2D eigenvalue weighted by molar-refractivity contribution is 0.0175. The van der Waals surface area contributed by atoms with Crippen LogP contribution in [0, 0.1) is 6.92 Å². The van der Waals surface area contributed by atoms with Gasteiger partial charge in [-0.15, -0.1) is 0 Å². The van der Waals surface area contributed by atoms with Crippen LogP contribution in [0.4, 0.5) is 8.78 Å². The third-order valence-electron chi connectivity index (χ3n) is 1.68. The average Bonchev–Trinajstić information content (AvgIpc) is 1.92. The van der Waals surface area contributed by atoms with Crippen LogP contribution >= 0.6 is 11.6 Å². The molecule has 1 rings (SSSR count). The molecular weight excluding hydrogens is 182 g/mol. The van der Waals surface area contributed by atoms with E-state index in [1.54, 1.807) is 13.0 Å². The summed E-state index contributed by atoms with van der Waals surface area (Å²) in [6, 6.07) is 4.28. The Morgan fingerprint density at radius 2 is 1.92 bits per heavy atom. The SMILES string of the molecule is Cc1ccc(C(C)(F)F)cc1Cl. The standard InChI is InChI=1S/C9H9ClF2/c1-6-3-4-7(5-8(6)10)9(2,11)12/h3-5H,1-2H3. The van der Waals surface area contributed by atoms with Crippen molar-refractivity contribution < 1.29 is 8.78 Å². The molecule has 0 heterocycles. The quantitative estimate of drug-likeness (QED) is 0.633. The maximum absolute atomic E-state index is 12.7. The zero-order chi connectivity index (χ0) is 9.35. The largest absolute Gasteiger partial charge is 0.270 e. The van der Waals surface area contributed by atoms with Crippen molar-refractivity contribution in [2.75, 3.05) is 0 Å². The molecule has 0 aromatic heterocycles. The number of halogens is 3. The second-order valence-corrected chi connectivity index (χ2v) is 3.26. The minimum absolute atomic E-state index is 0.0434. The molecule has 0 nitrogen and oxygen atoms in total. The van der Waals surface area contributed by atoms with E-state index in [1.807, 2.05) is 0 Å². The summed E-state index contributed by atoms with van der Waals surface area (Å²) < 4.78 is 25.4. The lowest BCUT2D eigenvalue weighted by Gasteiger charge is -2.11. The number of hydrogen-bond donors (Lipinski definition) is 0. The van der Waals surface area contributed by atoms with E-state index >= 15 is 0 Å². The first kappa shape index (κ1) is 9.46. The number of alkyl halides is 2. The van der Waals surface area contributed by atoms with Crippen LogP contribution in [0.25, 0.3) is 0 Å². The van der Waals surface area contributed by atoms with Gasteiger partial charge in [0.1, 0.15) is 0 Å². The first-order chi connectivity index (χ1) is 5.41. The van der Waals surface area contributed by atoms with Crippen molar-refractivity contribution in [3.8, 4) is 0 Å². The Bertz CT molecular complexity index is 289. The van der Waals surface area contributed by atoms with Crippen LogP contribution in [0.1, 0.15) is 18.1 Å². The van der Waals surface area contributed by atoms with E-state index in [2.05, 4.69) is 0 Å². The van der Waals surface area contributed by atoms with Crippen LogP contribution in [0.5, 0.6) is 0 Å². The predicted octanol–water partition coefficient (Wildman–Crippen LogP) is 3.76. The Labute approximate surface area is 75.2 Å². The molecule has 0 spiro atoms. The Morgan fingerprint density at radius 3 is 2.33 bits per heavy atom. The molecule has 0 bridgehead atoms.